The van der Waals surface area contributed by atoms with Crippen molar-refractivity contribution in [2.75, 3.05) is 49.8 Å². The van der Waals surface area contributed by atoms with Crippen molar-refractivity contribution in [3.8, 4) is 46.0 Å². The summed E-state index contributed by atoms with van der Waals surface area (Å²) in [5.74, 6) is 7.12. The molecule has 0 aromatic heterocycles. The molecular formula is C72H88O10Y-2. The molecule has 0 fully saturated rings. The first-order valence-corrected chi connectivity index (χ1v) is 27.2. The molecule has 0 saturated carbocycles. The van der Waals surface area contributed by atoms with Crippen LogP contribution in [-0.4, -0.2) is 62.5 Å². The SMILES string of the molecule is CCC.COc1ccc(Cc2cc(C)c(OC)c(C)c2)cc1C.COc1ccc(Cc2ccc(OC)c(C)c2)cc1C.COc1ccc(Cc2ccc(O[C-]=O)c(C)c2)cc1C.COc1ccccc1.COc1ccccc1C.C[C-]=O.[Y]. The monoisotopic (exact) mass is 1200 g/mol. The van der Waals surface area contributed by atoms with E-state index in [1.54, 1.807) is 55.8 Å². The van der Waals surface area contributed by atoms with Gasteiger partial charge in [-0.1, -0.05) is 142 Å². The van der Waals surface area contributed by atoms with Crippen molar-refractivity contribution in [3.05, 3.63) is 236 Å². The fourth-order valence-corrected chi connectivity index (χ4v) is 8.70. The quantitative estimate of drug-likeness (QED) is 0.0921. The average molecular weight is 1200 g/mol. The van der Waals surface area contributed by atoms with Crippen molar-refractivity contribution in [1.29, 1.82) is 0 Å². The van der Waals surface area contributed by atoms with Crippen LogP contribution in [0.25, 0.3) is 0 Å². The van der Waals surface area contributed by atoms with E-state index in [0.717, 1.165) is 70.6 Å². The topological polar surface area (TPSA) is 108 Å². The normalized spacial score (nSPS) is 9.52. The van der Waals surface area contributed by atoms with Gasteiger partial charge in [-0.3, -0.25) is 6.29 Å². The molecule has 0 atom stereocenters. The summed E-state index contributed by atoms with van der Waals surface area (Å²) in [7, 11) is 11.9. The minimum absolute atomic E-state index is 0. The summed E-state index contributed by atoms with van der Waals surface area (Å²) < 4.78 is 41.3. The van der Waals surface area contributed by atoms with Gasteiger partial charge >= 0.3 is 0 Å². The van der Waals surface area contributed by atoms with E-state index in [9.17, 15) is 4.79 Å². The molecular weight excluding hydrogens is 1110 g/mol. The zero-order chi connectivity index (χ0) is 61.0. The van der Waals surface area contributed by atoms with E-state index in [1.165, 1.54) is 92.9 Å². The zero-order valence-electron chi connectivity index (χ0n) is 52.5. The van der Waals surface area contributed by atoms with Crippen LogP contribution in [0.2, 0.25) is 0 Å². The maximum absolute atomic E-state index is 10.2. The molecule has 8 rings (SSSR count). The number of benzene rings is 8. The van der Waals surface area contributed by atoms with E-state index in [4.69, 9.17) is 42.7 Å². The Kier molecular flexibility index (Phi) is 36.9. The number of para-hydroxylation sites is 2. The van der Waals surface area contributed by atoms with Crippen molar-refractivity contribution in [3.63, 3.8) is 0 Å². The van der Waals surface area contributed by atoms with Gasteiger partial charge in [0.15, 0.2) is 6.47 Å². The number of hydrogen-bond donors (Lipinski definition) is 0. The van der Waals surface area contributed by atoms with Crippen molar-refractivity contribution >= 4 is 12.8 Å². The van der Waals surface area contributed by atoms with E-state index in [1.807, 2.05) is 112 Å². The molecule has 0 N–H and O–H groups in total. The first-order valence-electron chi connectivity index (χ1n) is 27.2. The molecule has 0 aliphatic carbocycles. The molecule has 0 aliphatic rings. The molecule has 1 radical (unpaired) electrons. The Bertz CT molecular complexity index is 3060. The molecule has 0 spiro atoms. The molecule has 0 bridgehead atoms. The molecule has 8 aromatic rings. The standard InChI is InChI=1S/C18H22O2.C17H17O3.C17H20O2.C8H10O.C7H8O.C3H8.C2H3O.Y/c1-12-8-15(6-7-17(12)19-4)11-16-9-13(2)18(20-5)14(3)10-16;1-12-8-14(4-6-16(12)19-3)10-15-5-7-17(20-11-18)13(2)9-15;1-12-9-14(5-7-16(12)18-3)11-15-6-8-17(19-4)13(2)10-15;1-7-5-3-4-6-8(7)9-2;1-8-7-5-3-2-4-6-7;1-3-2;1-2-3;/h6-10H,11H2,1-5H3;4-9H,10H2,1-3H3;5-10H,11H2,1-4H3;3-6H,1-2H3;2-6H,1H3;3H2,1-2H3;1H3;/q;-1;;;;;-1;. The molecule has 83 heavy (non-hydrogen) atoms. The maximum atomic E-state index is 10.2. The number of ether oxygens (including phenoxy) is 8. The Morgan fingerprint density at radius 2 is 0.602 bits per heavy atom. The Morgan fingerprint density at radius 1 is 0.325 bits per heavy atom. The molecule has 441 valence electrons. The van der Waals surface area contributed by atoms with Crippen LogP contribution >= 0.6 is 0 Å². The van der Waals surface area contributed by atoms with Crippen LogP contribution in [0.3, 0.4) is 0 Å². The van der Waals surface area contributed by atoms with Crippen molar-refractivity contribution in [1.82, 2.24) is 0 Å². The minimum Gasteiger partial charge on any atom is -0.610 e. The van der Waals surface area contributed by atoms with Gasteiger partial charge in [0.1, 0.15) is 40.2 Å². The van der Waals surface area contributed by atoms with Gasteiger partial charge in [0.25, 0.3) is 0 Å². The predicted molar refractivity (Wildman–Crippen MR) is 337 cm³/mol. The van der Waals surface area contributed by atoms with Gasteiger partial charge in [-0.05, 0) is 188 Å². The fraction of sp³-hybridized carbons (Fsp3) is 0.306. The van der Waals surface area contributed by atoms with E-state index in [-0.39, 0.29) is 32.7 Å². The first kappa shape index (κ1) is 73.6. The van der Waals surface area contributed by atoms with Crippen molar-refractivity contribution in [2.24, 2.45) is 0 Å². The van der Waals surface area contributed by atoms with Gasteiger partial charge in [-0.2, -0.15) is 6.92 Å². The molecule has 0 heterocycles. The van der Waals surface area contributed by atoms with Gasteiger partial charge in [0, 0.05) is 32.7 Å². The van der Waals surface area contributed by atoms with Crippen LogP contribution in [0.5, 0.6) is 46.0 Å². The first-order chi connectivity index (χ1) is 39.4. The number of carbonyl (C=O) groups excluding carboxylic acids is 2. The third kappa shape index (κ3) is 26.6. The average Bonchev–Trinajstić information content (AvgIpc) is 3.47. The number of aryl methyl sites for hydroxylation is 8. The van der Waals surface area contributed by atoms with E-state index >= 15 is 0 Å². The van der Waals surface area contributed by atoms with E-state index in [2.05, 4.69) is 109 Å². The molecule has 11 heteroatoms. The molecule has 8 aromatic carbocycles. The smallest absolute Gasteiger partial charge is 0.170 e. The Morgan fingerprint density at radius 3 is 0.855 bits per heavy atom. The zero-order valence-corrected chi connectivity index (χ0v) is 55.3. The Balaban J connectivity index is 0.000000522. The molecule has 0 amide bonds. The third-order valence-corrected chi connectivity index (χ3v) is 12.5. The molecule has 10 nitrogen and oxygen atoms in total. The number of methoxy groups -OCH3 is 7. The van der Waals surface area contributed by atoms with Crippen LogP contribution in [0.1, 0.15) is 105 Å². The van der Waals surface area contributed by atoms with Gasteiger partial charge in [-0.15, -0.1) is 6.07 Å². The second-order valence-electron chi connectivity index (χ2n) is 19.2. The number of rotatable bonds is 15. The summed E-state index contributed by atoms with van der Waals surface area (Å²) in [6.45, 7) is 23.4. The van der Waals surface area contributed by atoms with Gasteiger partial charge < -0.3 is 47.5 Å². The number of hydrogen-bond acceptors (Lipinski definition) is 10. The summed E-state index contributed by atoms with van der Waals surface area (Å²) in [6, 6.07) is 53.0. The third-order valence-electron chi connectivity index (χ3n) is 12.5. The summed E-state index contributed by atoms with van der Waals surface area (Å²) >= 11 is 0. The molecule has 0 aliphatic heterocycles. The Labute approximate surface area is 522 Å². The fourth-order valence-electron chi connectivity index (χ4n) is 8.70. The largest absolute Gasteiger partial charge is 0.610 e. The van der Waals surface area contributed by atoms with Crippen molar-refractivity contribution < 1.29 is 80.2 Å². The predicted octanol–water partition coefficient (Wildman–Crippen LogP) is 16.7. The van der Waals surface area contributed by atoms with Crippen LogP contribution in [-0.2, 0) is 61.6 Å². The summed E-state index contributed by atoms with van der Waals surface area (Å²) in [5.41, 5.74) is 16.7. The van der Waals surface area contributed by atoms with Crippen LogP contribution < -0.4 is 37.9 Å². The van der Waals surface area contributed by atoms with Gasteiger partial charge in [0.2, 0.25) is 0 Å². The van der Waals surface area contributed by atoms with Gasteiger partial charge in [-0.25, -0.2) is 0 Å². The van der Waals surface area contributed by atoms with E-state index < -0.39 is 0 Å². The minimum atomic E-state index is 0. The molecule has 0 saturated heterocycles. The maximum Gasteiger partial charge on any atom is 0.170 e. The summed E-state index contributed by atoms with van der Waals surface area (Å²) in [5, 5.41) is 0. The van der Waals surface area contributed by atoms with Crippen LogP contribution in [0.4, 0.5) is 0 Å². The Hall–Kier alpha value is -7.40. The summed E-state index contributed by atoms with van der Waals surface area (Å²) in [4.78, 5) is 18.9. The van der Waals surface area contributed by atoms with Crippen molar-refractivity contribution in [2.45, 2.75) is 102 Å². The second-order valence-corrected chi connectivity index (χ2v) is 19.2. The molecule has 0 unspecified atom stereocenters. The van der Waals surface area contributed by atoms with E-state index in [0.29, 0.717) is 5.75 Å². The van der Waals surface area contributed by atoms with Gasteiger partial charge in [0.05, 0.1) is 49.8 Å². The van der Waals surface area contributed by atoms with Crippen LogP contribution in [0.15, 0.2) is 158 Å². The van der Waals surface area contributed by atoms with Crippen LogP contribution in [0, 0.1) is 55.4 Å². The summed E-state index contributed by atoms with van der Waals surface area (Å²) in [6.07, 6.45) is 5.43. The second kappa shape index (κ2) is 41.6.